The van der Waals surface area contributed by atoms with Gasteiger partial charge in [0.25, 0.3) is 0 Å². The summed E-state index contributed by atoms with van der Waals surface area (Å²) in [5.74, 6) is -2.01. The summed E-state index contributed by atoms with van der Waals surface area (Å²) in [6.45, 7) is 11.1. The molecule has 1 amide bonds. The maximum absolute atomic E-state index is 13.5. The van der Waals surface area contributed by atoms with E-state index in [2.05, 4.69) is 0 Å². The van der Waals surface area contributed by atoms with Gasteiger partial charge in [-0.1, -0.05) is 43.6 Å². The van der Waals surface area contributed by atoms with Crippen LogP contribution in [0.1, 0.15) is 123 Å². The Balaban J connectivity index is -0.00000253. The highest BCUT2D eigenvalue weighted by Crippen LogP contribution is 2.46. The van der Waals surface area contributed by atoms with Gasteiger partial charge in [-0.2, -0.15) is 0 Å². The number of carbonyl (C=O) groups excluding carboxylic acids is 4. The topological polar surface area (TPSA) is 189 Å². The highest BCUT2D eigenvalue weighted by molar-refractivity contribution is 5.83. The number of ether oxygens (including phenoxy) is 4. The van der Waals surface area contributed by atoms with Crippen LogP contribution >= 0.6 is 0 Å². The second-order valence-electron chi connectivity index (χ2n) is 13.5. The molecule has 0 aliphatic carbocycles. The molecule has 1 rings (SSSR count). The van der Waals surface area contributed by atoms with Crippen molar-refractivity contribution in [2.45, 2.75) is 148 Å². The van der Waals surface area contributed by atoms with E-state index in [1.165, 1.54) is 0 Å². The highest BCUT2D eigenvalue weighted by Gasteiger charge is 2.50. The van der Waals surface area contributed by atoms with E-state index in [9.17, 15) is 39.6 Å². The number of aliphatic hydroxyl groups is 4. The van der Waals surface area contributed by atoms with E-state index in [4.69, 9.17) is 18.9 Å². The van der Waals surface area contributed by atoms with Gasteiger partial charge in [-0.05, 0) is 73.1 Å². The molecule has 49 heavy (non-hydrogen) atoms. The van der Waals surface area contributed by atoms with Crippen LogP contribution in [-0.4, -0.2) is 120 Å². The Bertz CT molecular complexity index is 960. The second kappa shape index (κ2) is 24.8. The van der Waals surface area contributed by atoms with Gasteiger partial charge in [0.2, 0.25) is 5.91 Å². The lowest BCUT2D eigenvalue weighted by atomic mass is 9.65. The van der Waals surface area contributed by atoms with Crippen LogP contribution < -0.4 is 0 Å². The van der Waals surface area contributed by atoms with Gasteiger partial charge in [0, 0.05) is 13.0 Å². The van der Waals surface area contributed by atoms with Crippen LogP contribution in [0.5, 0.6) is 0 Å². The van der Waals surface area contributed by atoms with Gasteiger partial charge in [0.1, 0.15) is 32.0 Å². The maximum Gasteiger partial charge on any atom is 0.311 e. The molecule has 294 valence electrons. The highest BCUT2D eigenvalue weighted by atomic mass is 16.6. The Morgan fingerprint density at radius 3 is 1.86 bits per heavy atom. The van der Waals surface area contributed by atoms with Crippen LogP contribution in [0.2, 0.25) is 0 Å². The first-order chi connectivity index (χ1) is 20.9. The first kappa shape index (κ1) is 53.5. The minimum Gasteiger partial charge on any atom is -0.463 e. The van der Waals surface area contributed by atoms with Crippen LogP contribution in [-0.2, 0) is 38.1 Å². The van der Waals surface area contributed by atoms with Crippen LogP contribution in [0.25, 0.3) is 0 Å². The lowest BCUT2D eigenvalue weighted by molar-refractivity contribution is -0.172. The van der Waals surface area contributed by atoms with Crippen molar-refractivity contribution in [3.8, 4) is 0 Å². The van der Waals surface area contributed by atoms with Crippen molar-refractivity contribution in [3.63, 3.8) is 0 Å². The molecule has 6 atom stereocenters. The van der Waals surface area contributed by atoms with E-state index >= 15 is 0 Å². The fourth-order valence-corrected chi connectivity index (χ4v) is 5.53. The van der Waals surface area contributed by atoms with Crippen molar-refractivity contribution in [2.75, 3.05) is 46.1 Å². The third kappa shape index (κ3) is 18.0. The molecular weight excluding hydrogens is 638 g/mol. The van der Waals surface area contributed by atoms with Crippen LogP contribution in [0.3, 0.4) is 0 Å². The zero-order valence-electron chi connectivity index (χ0n) is 28.2. The molecule has 1 fully saturated rings. The number of esters is 3. The molecule has 6 unspecified atom stereocenters. The van der Waals surface area contributed by atoms with Gasteiger partial charge in [-0.15, -0.1) is 0 Å². The zero-order chi connectivity index (χ0) is 34.4. The average Bonchev–Trinajstić information content (AvgIpc) is 3.40. The third-order valence-corrected chi connectivity index (χ3v) is 8.37. The SMILES string of the molecule is C.C.C.C.CCC(O)CC(C)OCC(O)COC(=O)C(C)(C)CC(C)(CC(C)(CC)C(=O)OCCN1CCCC1=O)C(=O)OCC(O)CO. The normalized spacial score (nSPS) is 17.6. The molecule has 4 N–H and O–H groups in total. The molecule has 13 nitrogen and oxygen atoms in total. The van der Waals surface area contributed by atoms with Gasteiger partial charge in [-0.3, -0.25) is 19.2 Å². The molecule has 13 heteroatoms. The minimum atomic E-state index is -1.44. The summed E-state index contributed by atoms with van der Waals surface area (Å²) >= 11 is 0. The molecule has 0 spiro atoms. The van der Waals surface area contributed by atoms with Crippen molar-refractivity contribution in [1.82, 2.24) is 4.90 Å². The van der Waals surface area contributed by atoms with Crippen LogP contribution in [0, 0.1) is 16.2 Å². The fraction of sp³-hybridized carbons (Fsp3) is 0.889. The molecule has 0 saturated carbocycles. The number of aliphatic hydroxyl groups excluding tert-OH is 4. The first-order valence-corrected chi connectivity index (χ1v) is 16.0. The van der Waals surface area contributed by atoms with Gasteiger partial charge < -0.3 is 44.3 Å². The summed E-state index contributed by atoms with van der Waals surface area (Å²) in [6.07, 6.45) is -0.905. The average molecular weight is 712 g/mol. The summed E-state index contributed by atoms with van der Waals surface area (Å²) < 4.78 is 21.8. The molecule has 1 aliphatic rings. The number of amides is 1. The predicted octanol–water partition coefficient (Wildman–Crippen LogP) is 4.29. The number of rotatable bonds is 22. The lowest BCUT2D eigenvalue weighted by Gasteiger charge is -2.39. The third-order valence-electron chi connectivity index (χ3n) is 8.37. The zero-order valence-corrected chi connectivity index (χ0v) is 28.2. The summed E-state index contributed by atoms with van der Waals surface area (Å²) in [5, 5.41) is 39.0. The van der Waals surface area contributed by atoms with E-state index in [-0.39, 0.29) is 80.9 Å². The summed E-state index contributed by atoms with van der Waals surface area (Å²) in [7, 11) is 0. The van der Waals surface area contributed by atoms with Crippen molar-refractivity contribution >= 4 is 23.8 Å². The summed E-state index contributed by atoms with van der Waals surface area (Å²) in [4.78, 5) is 53.6. The van der Waals surface area contributed by atoms with E-state index < -0.39 is 65.7 Å². The number of likely N-dealkylation sites (tertiary alicyclic amines) is 1. The first-order valence-electron chi connectivity index (χ1n) is 16.0. The molecular formula is C36H73NO12. The number of hydrogen-bond acceptors (Lipinski definition) is 12. The van der Waals surface area contributed by atoms with Gasteiger partial charge in [0.05, 0.1) is 48.2 Å². The van der Waals surface area contributed by atoms with E-state index in [1.54, 1.807) is 46.4 Å². The van der Waals surface area contributed by atoms with Gasteiger partial charge in [0.15, 0.2) is 0 Å². The van der Waals surface area contributed by atoms with Crippen LogP contribution in [0.4, 0.5) is 0 Å². The molecule has 1 aliphatic heterocycles. The van der Waals surface area contributed by atoms with E-state index in [0.717, 1.165) is 6.42 Å². The number of carbonyl (C=O) groups is 4. The predicted molar refractivity (Wildman–Crippen MR) is 191 cm³/mol. The van der Waals surface area contributed by atoms with Crippen molar-refractivity contribution in [2.24, 2.45) is 16.2 Å². The molecule has 1 heterocycles. The molecule has 0 bridgehead atoms. The monoisotopic (exact) mass is 712 g/mol. The quantitative estimate of drug-likeness (QED) is 0.0923. The Labute approximate surface area is 297 Å². The van der Waals surface area contributed by atoms with Crippen molar-refractivity contribution in [1.29, 1.82) is 0 Å². The molecule has 0 aromatic carbocycles. The largest absolute Gasteiger partial charge is 0.463 e. The summed E-state index contributed by atoms with van der Waals surface area (Å²) in [6, 6.07) is 0. The van der Waals surface area contributed by atoms with E-state index in [0.29, 0.717) is 32.2 Å². The Kier molecular flexibility index (Phi) is 27.0. The van der Waals surface area contributed by atoms with Gasteiger partial charge in [-0.25, -0.2) is 0 Å². The standard InChI is InChI=1S/C32H57NO12.4CH4/c1-8-23(35)15-22(3)43-18-25(37)19-44-27(39)30(4,5)20-32(7,29(41)45-17-24(36)16-34)21-31(6,9-2)28(40)42-14-13-33-12-10-11-26(33)38;;;;/h22-25,34-37H,8-21H2,1-7H3;4*1H4. The van der Waals surface area contributed by atoms with Gasteiger partial charge >= 0.3 is 17.9 Å². The fourth-order valence-electron chi connectivity index (χ4n) is 5.53. The number of hydrogen-bond donors (Lipinski definition) is 4. The lowest BCUT2D eigenvalue weighted by Crippen LogP contribution is -2.45. The maximum atomic E-state index is 13.5. The molecule has 0 radical (unpaired) electrons. The van der Waals surface area contributed by atoms with Crippen molar-refractivity contribution < 1.29 is 58.6 Å². The molecule has 0 aromatic heterocycles. The van der Waals surface area contributed by atoms with E-state index in [1.807, 2.05) is 6.92 Å². The Morgan fingerprint density at radius 1 is 0.796 bits per heavy atom. The molecule has 0 aromatic rings. The van der Waals surface area contributed by atoms with Crippen LogP contribution in [0.15, 0.2) is 0 Å². The smallest absolute Gasteiger partial charge is 0.311 e. The molecule has 1 saturated heterocycles. The Morgan fingerprint density at radius 2 is 1.35 bits per heavy atom. The van der Waals surface area contributed by atoms with Crippen molar-refractivity contribution in [3.05, 3.63) is 0 Å². The Hall–Kier alpha value is -2.32. The second-order valence-corrected chi connectivity index (χ2v) is 13.5. The number of nitrogens with zero attached hydrogens (tertiary/aromatic N) is 1. The minimum absolute atomic E-state index is 0. The summed E-state index contributed by atoms with van der Waals surface area (Å²) in [5.41, 5.74) is -3.89.